The molecule has 0 bridgehead atoms. The number of fused-ring (bicyclic) bond motifs is 1. The molecule has 14 nitrogen and oxygen atoms in total. The zero-order valence-corrected chi connectivity index (χ0v) is 25.3. The molecule has 242 valence electrons. The summed E-state index contributed by atoms with van der Waals surface area (Å²) in [5.41, 5.74) is 2.74. The fourth-order valence-corrected chi connectivity index (χ4v) is 5.59. The van der Waals surface area contributed by atoms with E-state index in [0.29, 0.717) is 19.0 Å². The lowest BCUT2D eigenvalue weighted by Crippen LogP contribution is -2.54. The van der Waals surface area contributed by atoms with Crippen molar-refractivity contribution in [1.82, 2.24) is 4.90 Å². The number of methoxy groups -OCH3 is 3. The van der Waals surface area contributed by atoms with Crippen LogP contribution >= 0.6 is 0 Å². The van der Waals surface area contributed by atoms with Gasteiger partial charge in [0.25, 0.3) is 5.09 Å². The molecule has 1 amide bonds. The number of carbonyl (C=O) groups is 1. The van der Waals surface area contributed by atoms with Crippen molar-refractivity contribution in [3.05, 3.63) is 63.7 Å². The number of ether oxygens (including phenoxy) is 6. The highest BCUT2D eigenvalue weighted by atomic mass is 17.0. The van der Waals surface area contributed by atoms with E-state index in [1.54, 1.807) is 14.2 Å². The highest BCUT2D eigenvalue weighted by molar-refractivity contribution is 5.65. The van der Waals surface area contributed by atoms with Crippen LogP contribution in [-0.2, 0) is 30.4 Å². The maximum Gasteiger partial charge on any atom is 0.407 e. The number of carboxylic acid groups (broad SMARTS) is 1. The number of rotatable bonds is 16. The van der Waals surface area contributed by atoms with Crippen LogP contribution in [0.3, 0.4) is 0 Å². The van der Waals surface area contributed by atoms with Gasteiger partial charge in [0, 0.05) is 33.3 Å². The predicted octanol–water partition coefficient (Wildman–Crippen LogP) is 3.20. The van der Waals surface area contributed by atoms with E-state index in [1.165, 1.54) is 12.0 Å². The van der Waals surface area contributed by atoms with Crippen LogP contribution in [0.2, 0.25) is 0 Å². The SMILES string of the molecule is COCCCN1CCOc2ccc(CO[C@H]3CN(C(=O)O)C[C@@H](OCC(COC)O[N+](=O)[O-])[C@@H]3c3ccc(OC)cc3)cc21. The molecular formula is C30H41N3O11. The molecule has 1 saturated heterocycles. The molecule has 2 heterocycles. The third-order valence-corrected chi connectivity index (χ3v) is 7.68. The van der Waals surface area contributed by atoms with Crippen LogP contribution in [0.5, 0.6) is 11.5 Å². The van der Waals surface area contributed by atoms with Gasteiger partial charge in [-0.1, -0.05) is 18.2 Å². The maximum atomic E-state index is 12.2. The normalized spacial score (nSPS) is 20.4. The fraction of sp³-hybridized carbons (Fsp3) is 0.567. The number of nitrogens with zero attached hydrogens (tertiary/aromatic N) is 3. The standard InChI is InChI=1S/C30H41N3O11/c1-38-13-4-11-31-12-14-41-26-10-5-21(15-25(26)31)18-42-27-16-32(30(34)35)17-28(43-20-24(19-39-2)44-33(36)37)29(27)22-6-8-23(40-3)9-7-22/h5-10,15,24,27-29H,4,11-14,16-20H2,1-3H3,(H,34,35)/t24?,27-,28+,29+/m0/s1. The van der Waals surface area contributed by atoms with Gasteiger partial charge in [0.05, 0.1) is 64.5 Å². The summed E-state index contributed by atoms with van der Waals surface area (Å²) in [6.45, 7) is 2.96. The van der Waals surface area contributed by atoms with Crippen LogP contribution in [-0.4, -0.2) is 113 Å². The predicted molar refractivity (Wildman–Crippen MR) is 158 cm³/mol. The molecule has 0 spiro atoms. The number of benzene rings is 2. The lowest BCUT2D eigenvalue weighted by molar-refractivity contribution is -0.769. The summed E-state index contributed by atoms with van der Waals surface area (Å²) in [7, 11) is 4.66. The van der Waals surface area contributed by atoms with Crippen molar-refractivity contribution >= 4 is 11.8 Å². The molecule has 14 heteroatoms. The molecule has 0 saturated carbocycles. The smallest absolute Gasteiger partial charge is 0.407 e. The zero-order chi connectivity index (χ0) is 31.5. The van der Waals surface area contributed by atoms with Gasteiger partial charge >= 0.3 is 6.09 Å². The molecular weight excluding hydrogens is 578 g/mol. The lowest BCUT2D eigenvalue weighted by atomic mass is 9.84. The topological polar surface area (TPSA) is 152 Å². The van der Waals surface area contributed by atoms with Crippen molar-refractivity contribution in [2.75, 3.05) is 78.8 Å². The Labute approximate surface area is 256 Å². The van der Waals surface area contributed by atoms with Crippen LogP contribution in [0.4, 0.5) is 10.5 Å². The molecule has 4 atom stereocenters. The summed E-state index contributed by atoms with van der Waals surface area (Å²) in [5, 5.41) is 20.1. The molecule has 0 radical (unpaired) electrons. The zero-order valence-electron chi connectivity index (χ0n) is 25.3. The van der Waals surface area contributed by atoms with Crippen molar-refractivity contribution in [3.63, 3.8) is 0 Å². The molecule has 4 rings (SSSR count). The van der Waals surface area contributed by atoms with Gasteiger partial charge in [-0.2, -0.15) is 0 Å². The van der Waals surface area contributed by atoms with E-state index in [2.05, 4.69) is 4.90 Å². The molecule has 2 aromatic carbocycles. The highest BCUT2D eigenvalue weighted by Crippen LogP contribution is 2.36. The highest BCUT2D eigenvalue weighted by Gasteiger charge is 2.41. The van der Waals surface area contributed by atoms with Gasteiger partial charge < -0.3 is 48.2 Å². The number of piperidine rings is 1. The molecule has 0 aliphatic carbocycles. The van der Waals surface area contributed by atoms with E-state index >= 15 is 0 Å². The van der Waals surface area contributed by atoms with Crippen LogP contribution in [0.25, 0.3) is 0 Å². The van der Waals surface area contributed by atoms with Gasteiger partial charge in [0.1, 0.15) is 18.1 Å². The Morgan fingerprint density at radius 1 is 1.07 bits per heavy atom. The van der Waals surface area contributed by atoms with E-state index < -0.39 is 35.4 Å². The molecule has 1 fully saturated rings. The monoisotopic (exact) mass is 619 g/mol. The van der Waals surface area contributed by atoms with Crippen molar-refractivity contribution in [2.24, 2.45) is 0 Å². The number of amides is 1. The van der Waals surface area contributed by atoms with Gasteiger partial charge in [-0.3, -0.25) is 0 Å². The van der Waals surface area contributed by atoms with Crippen LogP contribution < -0.4 is 14.4 Å². The first kappa shape index (κ1) is 33.1. The summed E-state index contributed by atoms with van der Waals surface area (Å²) in [6, 6.07) is 13.3. The van der Waals surface area contributed by atoms with Crippen LogP contribution in [0, 0.1) is 10.1 Å². The number of likely N-dealkylation sites (tertiary alicyclic amines) is 1. The summed E-state index contributed by atoms with van der Waals surface area (Å²) in [6.07, 6.45) is -2.52. The van der Waals surface area contributed by atoms with Crippen molar-refractivity contribution in [1.29, 1.82) is 0 Å². The Bertz CT molecular complexity index is 1220. The van der Waals surface area contributed by atoms with E-state index in [0.717, 1.165) is 42.1 Å². The summed E-state index contributed by atoms with van der Waals surface area (Å²) in [4.78, 5) is 31.4. The first-order valence-corrected chi connectivity index (χ1v) is 14.5. The summed E-state index contributed by atoms with van der Waals surface area (Å²) >= 11 is 0. The average molecular weight is 620 g/mol. The Kier molecular flexibility index (Phi) is 12.2. The molecule has 1 N–H and O–H groups in total. The maximum absolute atomic E-state index is 12.2. The molecule has 2 aliphatic rings. The Morgan fingerprint density at radius 2 is 1.82 bits per heavy atom. The Morgan fingerprint density at radius 3 is 2.48 bits per heavy atom. The second kappa shape index (κ2) is 16.3. The minimum atomic E-state index is -1.12. The average Bonchev–Trinajstić information content (AvgIpc) is 3.02. The second-order valence-corrected chi connectivity index (χ2v) is 10.6. The van der Waals surface area contributed by atoms with Gasteiger partial charge in [-0.05, 0) is 41.8 Å². The van der Waals surface area contributed by atoms with Crippen LogP contribution in [0.15, 0.2) is 42.5 Å². The minimum Gasteiger partial charge on any atom is -0.497 e. The largest absolute Gasteiger partial charge is 0.497 e. The fourth-order valence-electron chi connectivity index (χ4n) is 5.59. The number of hydrogen-bond acceptors (Lipinski definition) is 11. The number of hydrogen-bond donors (Lipinski definition) is 1. The summed E-state index contributed by atoms with van der Waals surface area (Å²) in [5.74, 6) is 1.07. The van der Waals surface area contributed by atoms with E-state index in [4.69, 9.17) is 33.3 Å². The Hall–Kier alpha value is -3.85. The van der Waals surface area contributed by atoms with Gasteiger partial charge in [-0.25, -0.2) is 4.79 Å². The van der Waals surface area contributed by atoms with Crippen LogP contribution in [0.1, 0.15) is 23.5 Å². The Balaban J connectivity index is 1.57. The second-order valence-electron chi connectivity index (χ2n) is 10.6. The lowest BCUT2D eigenvalue weighted by Gasteiger charge is -2.43. The van der Waals surface area contributed by atoms with Crippen molar-refractivity contribution in [2.45, 2.75) is 37.3 Å². The number of anilines is 1. The molecule has 0 aromatic heterocycles. The first-order chi connectivity index (χ1) is 21.3. The van der Waals surface area contributed by atoms with E-state index in [9.17, 15) is 20.0 Å². The molecule has 1 unspecified atom stereocenters. The van der Waals surface area contributed by atoms with Gasteiger partial charge in [-0.15, -0.1) is 10.1 Å². The third kappa shape index (κ3) is 8.85. The quantitative estimate of drug-likeness (QED) is 0.167. The first-order valence-electron chi connectivity index (χ1n) is 14.5. The van der Waals surface area contributed by atoms with Crippen molar-refractivity contribution < 1.29 is 48.2 Å². The van der Waals surface area contributed by atoms with E-state index in [-0.39, 0.29) is 32.9 Å². The molecule has 2 aliphatic heterocycles. The summed E-state index contributed by atoms with van der Waals surface area (Å²) < 4.78 is 34.1. The third-order valence-electron chi connectivity index (χ3n) is 7.68. The van der Waals surface area contributed by atoms with Crippen molar-refractivity contribution in [3.8, 4) is 11.5 Å². The van der Waals surface area contributed by atoms with Gasteiger partial charge in [0.2, 0.25) is 0 Å². The van der Waals surface area contributed by atoms with Gasteiger partial charge in [0.15, 0.2) is 6.10 Å². The molecule has 2 aromatic rings. The van der Waals surface area contributed by atoms with E-state index in [1.807, 2.05) is 42.5 Å². The minimum absolute atomic E-state index is 0.0384. The molecule has 44 heavy (non-hydrogen) atoms.